The monoisotopic (exact) mass is 335 g/mol. The minimum absolute atomic E-state index is 0.0185. The molecule has 0 atom stereocenters. The lowest BCUT2D eigenvalue weighted by atomic mass is 9.96. The van der Waals surface area contributed by atoms with Gasteiger partial charge in [0.2, 0.25) is 0 Å². The molecule has 1 fully saturated rings. The van der Waals surface area contributed by atoms with Gasteiger partial charge < -0.3 is 15.4 Å². The molecule has 24 heavy (non-hydrogen) atoms. The van der Waals surface area contributed by atoms with Crippen molar-refractivity contribution in [1.29, 1.82) is 0 Å². The number of nitrogens with one attached hydrogen (secondary N) is 2. The summed E-state index contributed by atoms with van der Waals surface area (Å²) in [6.07, 6.45) is 4.20. The smallest absolute Gasteiger partial charge is 0.305 e. The fourth-order valence-electron chi connectivity index (χ4n) is 2.71. The Morgan fingerprint density at radius 2 is 2.12 bits per heavy atom. The average molecular weight is 335 g/mol. The van der Waals surface area contributed by atoms with Crippen LogP contribution in [-0.2, 0) is 14.9 Å². The van der Waals surface area contributed by atoms with E-state index in [0.717, 1.165) is 50.3 Å². The van der Waals surface area contributed by atoms with Crippen LogP contribution in [0.3, 0.4) is 0 Å². The van der Waals surface area contributed by atoms with E-state index in [1.54, 1.807) is 19.2 Å². The summed E-state index contributed by atoms with van der Waals surface area (Å²) in [6.45, 7) is 1.47. The molecular weight excluding hydrogens is 309 g/mol. The molecule has 1 aromatic rings. The number of hydrogen-bond donors (Lipinski definition) is 2. The largest absolute Gasteiger partial charge is 0.469 e. The Kier molecular flexibility index (Phi) is 6.58. The second-order valence-corrected chi connectivity index (χ2v) is 6.18. The maximum Gasteiger partial charge on any atom is 0.305 e. The van der Waals surface area contributed by atoms with Crippen molar-refractivity contribution >= 4 is 11.9 Å². The van der Waals surface area contributed by atoms with Crippen LogP contribution in [0, 0.1) is 5.82 Å². The van der Waals surface area contributed by atoms with E-state index in [2.05, 4.69) is 20.4 Å². The molecule has 0 heterocycles. The number of carbonyl (C=O) groups is 1. The predicted molar refractivity (Wildman–Crippen MR) is 92.5 cm³/mol. The van der Waals surface area contributed by atoms with Crippen LogP contribution < -0.4 is 10.6 Å². The van der Waals surface area contributed by atoms with E-state index in [1.165, 1.54) is 13.2 Å². The number of aliphatic imine (C=N–C) groups is 1. The Morgan fingerprint density at radius 1 is 1.33 bits per heavy atom. The van der Waals surface area contributed by atoms with Gasteiger partial charge in [-0.1, -0.05) is 12.1 Å². The molecule has 0 spiro atoms. The number of carbonyl (C=O) groups excluding carboxylic acids is 1. The van der Waals surface area contributed by atoms with Gasteiger partial charge in [0, 0.05) is 32.0 Å². The number of unbranched alkanes of at least 4 members (excludes halogenated alkanes) is 1. The highest BCUT2D eigenvalue weighted by Gasteiger charge is 2.44. The van der Waals surface area contributed by atoms with Crippen molar-refractivity contribution in [2.75, 3.05) is 27.2 Å². The highest BCUT2D eigenvalue weighted by Crippen LogP contribution is 2.47. The zero-order valence-corrected chi connectivity index (χ0v) is 14.4. The van der Waals surface area contributed by atoms with Crippen molar-refractivity contribution in [2.45, 2.75) is 37.5 Å². The molecule has 6 heteroatoms. The SMILES string of the molecule is CN=C(NCCCCC(=O)OC)NCC1(c2cccc(F)c2)CC1. The predicted octanol–water partition coefficient (Wildman–Crippen LogP) is 2.37. The van der Waals surface area contributed by atoms with Crippen molar-refractivity contribution in [1.82, 2.24) is 10.6 Å². The summed E-state index contributed by atoms with van der Waals surface area (Å²) < 4.78 is 18.0. The first kappa shape index (κ1) is 18.2. The molecule has 1 saturated carbocycles. The Hall–Kier alpha value is -2.11. The van der Waals surface area contributed by atoms with Gasteiger partial charge in [0.05, 0.1) is 7.11 Å². The number of hydrogen-bond acceptors (Lipinski definition) is 3. The molecule has 5 nitrogen and oxygen atoms in total. The van der Waals surface area contributed by atoms with Gasteiger partial charge in [0.1, 0.15) is 5.82 Å². The van der Waals surface area contributed by atoms with Gasteiger partial charge >= 0.3 is 5.97 Å². The fourth-order valence-corrected chi connectivity index (χ4v) is 2.71. The zero-order valence-electron chi connectivity index (χ0n) is 14.4. The van der Waals surface area contributed by atoms with Crippen LogP contribution >= 0.6 is 0 Å². The number of esters is 1. The van der Waals surface area contributed by atoms with E-state index in [9.17, 15) is 9.18 Å². The van der Waals surface area contributed by atoms with E-state index >= 15 is 0 Å². The third-order valence-electron chi connectivity index (χ3n) is 4.44. The maximum atomic E-state index is 13.4. The summed E-state index contributed by atoms with van der Waals surface area (Å²) in [6, 6.07) is 6.85. The van der Waals surface area contributed by atoms with E-state index in [0.29, 0.717) is 6.42 Å². The zero-order chi connectivity index (χ0) is 17.4. The third-order valence-corrected chi connectivity index (χ3v) is 4.44. The first-order chi connectivity index (χ1) is 11.6. The molecule has 2 N–H and O–H groups in total. The lowest BCUT2D eigenvalue weighted by molar-refractivity contribution is -0.140. The van der Waals surface area contributed by atoms with Gasteiger partial charge in [-0.05, 0) is 43.4 Å². The number of nitrogens with zero attached hydrogens (tertiary/aromatic N) is 1. The Morgan fingerprint density at radius 3 is 2.75 bits per heavy atom. The first-order valence-corrected chi connectivity index (χ1v) is 8.37. The number of ether oxygens (including phenoxy) is 1. The summed E-state index contributed by atoms with van der Waals surface area (Å²) in [4.78, 5) is 15.2. The van der Waals surface area contributed by atoms with Crippen LogP contribution in [0.1, 0.15) is 37.7 Å². The van der Waals surface area contributed by atoms with Gasteiger partial charge in [-0.2, -0.15) is 0 Å². The van der Waals surface area contributed by atoms with Crippen molar-refractivity contribution in [3.8, 4) is 0 Å². The van der Waals surface area contributed by atoms with Crippen molar-refractivity contribution in [3.63, 3.8) is 0 Å². The van der Waals surface area contributed by atoms with Crippen LogP contribution in [0.5, 0.6) is 0 Å². The third kappa shape index (κ3) is 5.22. The van der Waals surface area contributed by atoms with Gasteiger partial charge in [-0.3, -0.25) is 9.79 Å². The van der Waals surface area contributed by atoms with E-state index < -0.39 is 0 Å². The molecule has 0 amide bonds. The minimum atomic E-state index is -0.188. The summed E-state index contributed by atoms with van der Waals surface area (Å²) in [5.41, 5.74) is 1.06. The van der Waals surface area contributed by atoms with E-state index in [1.807, 2.05) is 6.07 Å². The standard InChI is InChI=1S/C18H26FN3O2/c1-20-17(21-11-4-3-8-16(23)24-2)22-13-18(9-10-18)14-6-5-7-15(19)12-14/h5-7,12H,3-4,8-11,13H2,1-2H3,(H2,20,21,22). The Balaban J connectivity index is 1.73. The molecule has 0 bridgehead atoms. The van der Waals surface area contributed by atoms with Crippen molar-refractivity contribution in [2.24, 2.45) is 4.99 Å². The highest BCUT2D eigenvalue weighted by molar-refractivity contribution is 5.79. The van der Waals surface area contributed by atoms with Crippen LogP contribution in [0.25, 0.3) is 0 Å². The molecule has 1 aliphatic rings. The van der Waals surface area contributed by atoms with Crippen LogP contribution in [0.2, 0.25) is 0 Å². The Bertz CT molecular complexity index is 585. The van der Waals surface area contributed by atoms with Crippen LogP contribution in [-0.4, -0.2) is 39.2 Å². The lowest BCUT2D eigenvalue weighted by Gasteiger charge is -2.19. The summed E-state index contributed by atoms with van der Waals surface area (Å²) in [5, 5.41) is 6.56. The fraction of sp³-hybridized carbons (Fsp3) is 0.556. The molecule has 0 aromatic heterocycles. The normalized spacial score (nSPS) is 15.7. The number of halogens is 1. The molecule has 0 unspecified atom stereocenters. The molecule has 2 rings (SSSR count). The maximum absolute atomic E-state index is 13.4. The number of guanidine groups is 1. The van der Waals surface area contributed by atoms with Crippen LogP contribution in [0.15, 0.2) is 29.3 Å². The molecule has 0 radical (unpaired) electrons. The molecule has 0 aliphatic heterocycles. The van der Waals surface area contributed by atoms with E-state index in [4.69, 9.17) is 0 Å². The quantitative estimate of drug-likeness (QED) is 0.331. The Labute approximate surface area is 142 Å². The second-order valence-electron chi connectivity index (χ2n) is 6.18. The number of methoxy groups -OCH3 is 1. The van der Waals surface area contributed by atoms with Crippen molar-refractivity contribution < 1.29 is 13.9 Å². The van der Waals surface area contributed by atoms with E-state index in [-0.39, 0.29) is 17.2 Å². The van der Waals surface area contributed by atoms with Crippen LogP contribution in [0.4, 0.5) is 4.39 Å². The molecule has 1 aliphatic carbocycles. The number of rotatable bonds is 8. The molecule has 132 valence electrons. The summed E-state index contributed by atoms with van der Waals surface area (Å²) >= 11 is 0. The summed E-state index contributed by atoms with van der Waals surface area (Å²) in [7, 11) is 3.13. The van der Waals surface area contributed by atoms with Gasteiger partial charge in [-0.15, -0.1) is 0 Å². The second kappa shape index (κ2) is 8.66. The summed E-state index contributed by atoms with van der Waals surface area (Å²) in [5.74, 6) is 0.367. The van der Waals surface area contributed by atoms with Gasteiger partial charge in [0.15, 0.2) is 5.96 Å². The van der Waals surface area contributed by atoms with Crippen molar-refractivity contribution in [3.05, 3.63) is 35.6 Å². The molecule has 1 aromatic carbocycles. The molecular formula is C18H26FN3O2. The highest BCUT2D eigenvalue weighted by atomic mass is 19.1. The lowest BCUT2D eigenvalue weighted by Crippen LogP contribution is -2.41. The van der Waals surface area contributed by atoms with Gasteiger partial charge in [0.25, 0.3) is 0 Å². The first-order valence-electron chi connectivity index (χ1n) is 8.37. The molecule has 0 saturated heterocycles. The van der Waals surface area contributed by atoms with Gasteiger partial charge in [-0.25, -0.2) is 4.39 Å². The number of benzene rings is 1. The average Bonchev–Trinajstić information content (AvgIpc) is 3.38. The minimum Gasteiger partial charge on any atom is -0.469 e. The topological polar surface area (TPSA) is 62.7 Å².